The maximum atomic E-state index is 12.4. The third kappa shape index (κ3) is 3.94. The molecule has 10 heteroatoms. The van der Waals surface area contributed by atoms with Crippen molar-refractivity contribution in [2.75, 3.05) is 18.0 Å². The topological polar surface area (TPSA) is 93.0 Å². The highest BCUT2D eigenvalue weighted by molar-refractivity contribution is 7.91. The molecule has 3 aromatic rings. The van der Waals surface area contributed by atoms with E-state index in [-0.39, 0.29) is 6.04 Å². The lowest BCUT2D eigenvalue weighted by atomic mass is 10.1. The number of nitrogens with one attached hydrogen (secondary N) is 1. The van der Waals surface area contributed by atoms with E-state index in [1.165, 1.54) is 11.3 Å². The first-order chi connectivity index (χ1) is 13.4. The first-order valence-electron chi connectivity index (χ1n) is 9.09. The summed E-state index contributed by atoms with van der Waals surface area (Å²) in [6, 6.07) is 5.30. The summed E-state index contributed by atoms with van der Waals surface area (Å²) >= 11 is 1.23. The standard InChI is InChI=1S/C18H22N6O2S2/c1-13-10-14(2)24(21-13)17-12-19-11-16(20-17)23-7-5-15(6-8-23)22-28(25,26)18-4-3-9-27-18/h3-4,9-12,15,22H,5-8H2,1-2H3. The number of sulfonamides is 1. The van der Waals surface area contributed by atoms with E-state index in [1.54, 1.807) is 34.6 Å². The first-order valence-corrected chi connectivity index (χ1v) is 11.4. The van der Waals surface area contributed by atoms with Crippen LogP contribution >= 0.6 is 11.3 Å². The Morgan fingerprint density at radius 2 is 1.93 bits per heavy atom. The summed E-state index contributed by atoms with van der Waals surface area (Å²) in [5.74, 6) is 1.47. The van der Waals surface area contributed by atoms with Crippen LogP contribution in [0.25, 0.3) is 5.82 Å². The van der Waals surface area contributed by atoms with Crippen molar-refractivity contribution in [1.82, 2.24) is 24.5 Å². The Balaban J connectivity index is 1.43. The number of thiophene rings is 1. The molecule has 4 heterocycles. The van der Waals surface area contributed by atoms with Gasteiger partial charge in [0.05, 0.1) is 18.1 Å². The molecule has 8 nitrogen and oxygen atoms in total. The van der Waals surface area contributed by atoms with Gasteiger partial charge in [-0.05, 0) is 44.2 Å². The summed E-state index contributed by atoms with van der Waals surface area (Å²) in [5, 5.41) is 6.23. The van der Waals surface area contributed by atoms with Crippen molar-refractivity contribution < 1.29 is 8.42 Å². The highest BCUT2D eigenvalue weighted by Crippen LogP contribution is 2.22. The van der Waals surface area contributed by atoms with Gasteiger partial charge in [-0.25, -0.2) is 22.8 Å². The summed E-state index contributed by atoms with van der Waals surface area (Å²) in [7, 11) is -3.43. The third-order valence-corrected chi connectivity index (χ3v) is 7.65. The van der Waals surface area contributed by atoms with Crippen LogP contribution in [-0.2, 0) is 10.0 Å². The summed E-state index contributed by atoms with van der Waals surface area (Å²) in [6.45, 7) is 5.36. The normalized spacial score (nSPS) is 15.9. The molecule has 0 saturated carbocycles. The molecular weight excluding hydrogens is 396 g/mol. The summed E-state index contributed by atoms with van der Waals surface area (Å²) < 4.78 is 29.8. The molecule has 1 aliphatic heterocycles. The predicted molar refractivity (Wildman–Crippen MR) is 109 cm³/mol. The Bertz CT molecular complexity index is 1050. The second kappa shape index (κ2) is 7.61. The lowest BCUT2D eigenvalue weighted by molar-refractivity contribution is 0.458. The van der Waals surface area contributed by atoms with Crippen LogP contribution in [0.3, 0.4) is 0 Å². The van der Waals surface area contributed by atoms with Crippen molar-refractivity contribution in [3.63, 3.8) is 0 Å². The molecule has 0 spiro atoms. The van der Waals surface area contributed by atoms with E-state index >= 15 is 0 Å². The van der Waals surface area contributed by atoms with E-state index in [2.05, 4.69) is 19.7 Å². The Morgan fingerprint density at radius 3 is 2.57 bits per heavy atom. The number of piperidine rings is 1. The van der Waals surface area contributed by atoms with Crippen LogP contribution in [0.5, 0.6) is 0 Å². The molecule has 4 rings (SSSR count). The lowest BCUT2D eigenvalue weighted by Crippen LogP contribution is -2.44. The minimum absolute atomic E-state index is 0.0736. The molecule has 0 unspecified atom stereocenters. The fourth-order valence-corrected chi connectivity index (χ4v) is 5.70. The molecule has 0 atom stereocenters. The monoisotopic (exact) mass is 418 g/mol. The van der Waals surface area contributed by atoms with E-state index in [9.17, 15) is 8.42 Å². The zero-order valence-corrected chi connectivity index (χ0v) is 17.4. The zero-order valence-electron chi connectivity index (χ0n) is 15.7. The number of anilines is 1. The van der Waals surface area contributed by atoms with Crippen molar-refractivity contribution in [3.8, 4) is 5.82 Å². The van der Waals surface area contributed by atoms with Gasteiger partial charge >= 0.3 is 0 Å². The maximum absolute atomic E-state index is 12.4. The fourth-order valence-electron chi connectivity index (χ4n) is 3.38. The van der Waals surface area contributed by atoms with Gasteiger partial charge < -0.3 is 4.90 Å². The van der Waals surface area contributed by atoms with Gasteiger partial charge in [-0.1, -0.05) is 6.07 Å². The van der Waals surface area contributed by atoms with Crippen LogP contribution in [0.4, 0.5) is 5.82 Å². The molecule has 0 radical (unpaired) electrons. The van der Waals surface area contributed by atoms with Gasteiger partial charge in [-0.15, -0.1) is 11.3 Å². The van der Waals surface area contributed by atoms with Crippen LogP contribution in [0.2, 0.25) is 0 Å². The highest BCUT2D eigenvalue weighted by atomic mass is 32.2. The van der Waals surface area contributed by atoms with Gasteiger partial charge in [0, 0.05) is 24.8 Å². The maximum Gasteiger partial charge on any atom is 0.250 e. The molecule has 0 aromatic carbocycles. The highest BCUT2D eigenvalue weighted by Gasteiger charge is 2.26. The minimum Gasteiger partial charge on any atom is -0.355 e. The Hall–Kier alpha value is -2.30. The van der Waals surface area contributed by atoms with Crippen LogP contribution in [0.1, 0.15) is 24.2 Å². The summed E-state index contributed by atoms with van der Waals surface area (Å²) in [5.41, 5.74) is 1.94. The van der Waals surface area contributed by atoms with Crippen molar-refractivity contribution in [1.29, 1.82) is 0 Å². The molecule has 0 amide bonds. The van der Waals surface area contributed by atoms with Crippen LogP contribution < -0.4 is 9.62 Å². The van der Waals surface area contributed by atoms with Crippen LogP contribution in [0, 0.1) is 13.8 Å². The molecular formula is C18H22N6O2S2. The summed E-state index contributed by atoms with van der Waals surface area (Å²) in [6.07, 6.45) is 4.88. The molecule has 3 aromatic heterocycles. The summed E-state index contributed by atoms with van der Waals surface area (Å²) in [4.78, 5) is 11.2. The molecule has 28 heavy (non-hydrogen) atoms. The molecule has 0 aliphatic carbocycles. The Kier molecular flexibility index (Phi) is 5.17. The van der Waals surface area contributed by atoms with Crippen LogP contribution in [0.15, 0.2) is 40.2 Å². The minimum atomic E-state index is -3.43. The van der Waals surface area contributed by atoms with Gasteiger partial charge in [0.15, 0.2) is 5.82 Å². The Labute approximate surface area is 168 Å². The Morgan fingerprint density at radius 1 is 1.18 bits per heavy atom. The molecule has 0 bridgehead atoms. The molecule has 148 valence electrons. The van der Waals surface area contributed by atoms with E-state index in [4.69, 9.17) is 4.98 Å². The van der Waals surface area contributed by atoms with Crippen molar-refractivity contribution in [2.45, 2.75) is 36.9 Å². The smallest absolute Gasteiger partial charge is 0.250 e. The average Bonchev–Trinajstić information content (AvgIpc) is 3.32. The lowest BCUT2D eigenvalue weighted by Gasteiger charge is -2.32. The van der Waals surface area contributed by atoms with Gasteiger partial charge in [0.1, 0.15) is 10.0 Å². The number of aromatic nitrogens is 4. The van der Waals surface area contributed by atoms with Crippen molar-refractivity contribution >= 4 is 27.2 Å². The average molecular weight is 419 g/mol. The van der Waals surface area contributed by atoms with E-state index < -0.39 is 10.0 Å². The molecule has 1 aliphatic rings. The molecule has 1 fully saturated rings. The number of rotatable bonds is 5. The van der Waals surface area contributed by atoms with E-state index in [1.807, 2.05) is 19.9 Å². The van der Waals surface area contributed by atoms with Gasteiger partial charge in [0.2, 0.25) is 10.0 Å². The number of nitrogens with zero attached hydrogens (tertiary/aromatic N) is 5. The third-order valence-electron chi connectivity index (χ3n) is 4.74. The van der Waals surface area contributed by atoms with E-state index in [0.29, 0.717) is 23.1 Å². The van der Waals surface area contributed by atoms with Gasteiger partial charge in [-0.2, -0.15) is 5.10 Å². The number of hydrogen-bond donors (Lipinski definition) is 1. The second-order valence-electron chi connectivity index (χ2n) is 6.89. The second-order valence-corrected chi connectivity index (χ2v) is 9.78. The SMILES string of the molecule is Cc1cc(C)n(-c2cncc(N3CCC(NS(=O)(=O)c4cccs4)CC3)n2)n1. The zero-order chi connectivity index (χ0) is 19.7. The predicted octanol–water partition coefficient (Wildman–Crippen LogP) is 2.29. The van der Waals surface area contributed by atoms with Gasteiger partial charge in [-0.3, -0.25) is 4.98 Å². The van der Waals surface area contributed by atoms with Gasteiger partial charge in [0.25, 0.3) is 0 Å². The van der Waals surface area contributed by atoms with Crippen molar-refractivity contribution in [3.05, 3.63) is 47.4 Å². The molecule has 1 N–H and O–H groups in total. The van der Waals surface area contributed by atoms with Crippen molar-refractivity contribution in [2.24, 2.45) is 0 Å². The van der Waals surface area contributed by atoms with Crippen LogP contribution in [-0.4, -0.2) is 47.3 Å². The molecule has 1 saturated heterocycles. The van der Waals surface area contributed by atoms with E-state index in [0.717, 1.165) is 30.0 Å². The largest absolute Gasteiger partial charge is 0.355 e. The first kappa shape index (κ1) is 19.0. The fraction of sp³-hybridized carbons (Fsp3) is 0.389. The quantitative estimate of drug-likeness (QED) is 0.683. The number of hydrogen-bond acceptors (Lipinski definition) is 7. The number of aryl methyl sites for hydroxylation is 2.